The van der Waals surface area contributed by atoms with Crippen LogP contribution in [0.3, 0.4) is 0 Å². The molecule has 4 atom stereocenters. The molecule has 0 radical (unpaired) electrons. The van der Waals surface area contributed by atoms with Crippen LogP contribution in [0.1, 0.15) is 62.8 Å². The first-order valence-corrected chi connectivity index (χ1v) is 9.34. The van der Waals surface area contributed by atoms with Gasteiger partial charge in [-0.25, -0.2) is 4.39 Å². The number of hydrogen-bond acceptors (Lipinski definition) is 2. The monoisotopic (exact) mass is 372 g/mol. The number of fused-ring (bicyclic) bond motifs is 1. The van der Waals surface area contributed by atoms with Crippen molar-refractivity contribution in [2.45, 2.75) is 63.6 Å². The maximum atomic E-state index is 14.0. The van der Waals surface area contributed by atoms with E-state index in [0.29, 0.717) is 24.2 Å². The molecule has 0 aliphatic heterocycles. The van der Waals surface area contributed by atoms with E-state index in [1.807, 2.05) is 0 Å². The van der Waals surface area contributed by atoms with Gasteiger partial charge in [-0.3, -0.25) is 0 Å². The first-order chi connectivity index (χ1) is 12.4. The SMILES string of the molecule is O=CCC[C@@H]1CC[C@@H]2CC(c3ccc(OC(F)(F)F)c(F)c3)CC[C@@H]2C1. The second-order valence-electron chi connectivity index (χ2n) is 7.69. The third-order valence-electron chi connectivity index (χ3n) is 6.07. The van der Waals surface area contributed by atoms with Crippen molar-refractivity contribution in [3.05, 3.63) is 29.6 Å². The number of halogens is 4. The molecule has 0 spiro atoms. The van der Waals surface area contributed by atoms with Crippen molar-refractivity contribution in [3.8, 4) is 5.75 Å². The van der Waals surface area contributed by atoms with Gasteiger partial charge in [0.25, 0.3) is 0 Å². The van der Waals surface area contributed by atoms with Crippen LogP contribution in [0.5, 0.6) is 5.75 Å². The second-order valence-corrected chi connectivity index (χ2v) is 7.69. The van der Waals surface area contributed by atoms with Crippen molar-refractivity contribution in [1.29, 1.82) is 0 Å². The summed E-state index contributed by atoms with van der Waals surface area (Å²) in [7, 11) is 0. The number of rotatable bonds is 5. The van der Waals surface area contributed by atoms with E-state index in [9.17, 15) is 22.4 Å². The van der Waals surface area contributed by atoms with Crippen LogP contribution in [0.25, 0.3) is 0 Å². The first-order valence-electron chi connectivity index (χ1n) is 9.34. The molecule has 2 saturated carbocycles. The maximum Gasteiger partial charge on any atom is 0.573 e. The van der Waals surface area contributed by atoms with Crippen molar-refractivity contribution >= 4 is 6.29 Å². The Balaban J connectivity index is 1.61. The third-order valence-corrected chi connectivity index (χ3v) is 6.07. The number of alkyl halides is 3. The predicted octanol–water partition coefficient (Wildman–Crippen LogP) is 6.00. The summed E-state index contributed by atoms with van der Waals surface area (Å²) in [6, 6.07) is 3.84. The van der Waals surface area contributed by atoms with E-state index in [-0.39, 0.29) is 5.92 Å². The van der Waals surface area contributed by atoms with Gasteiger partial charge in [-0.1, -0.05) is 12.5 Å². The maximum absolute atomic E-state index is 14.0. The molecule has 3 rings (SSSR count). The molecule has 0 aromatic heterocycles. The molecular weight excluding hydrogens is 348 g/mol. The van der Waals surface area contributed by atoms with Gasteiger partial charge in [0.1, 0.15) is 6.29 Å². The lowest BCUT2D eigenvalue weighted by atomic mass is 9.63. The molecule has 2 nitrogen and oxygen atoms in total. The molecule has 0 N–H and O–H groups in total. The van der Waals surface area contributed by atoms with Crippen molar-refractivity contribution in [2.24, 2.45) is 17.8 Å². The van der Waals surface area contributed by atoms with E-state index in [4.69, 9.17) is 0 Å². The number of carbonyl (C=O) groups is 1. The number of hydrogen-bond donors (Lipinski definition) is 0. The molecule has 1 unspecified atom stereocenters. The van der Waals surface area contributed by atoms with Crippen LogP contribution in [0.4, 0.5) is 17.6 Å². The zero-order chi connectivity index (χ0) is 18.7. The van der Waals surface area contributed by atoms with Crippen LogP contribution in [-0.2, 0) is 4.79 Å². The Labute approximate surface area is 150 Å². The van der Waals surface area contributed by atoms with E-state index in [0.717, 1.165) is 62.9 Å². The van der Waals surface area contributed by atoms with Crippen LogP contribution in [-0.4, -0.2) is 12.6 Å². The van der Waals surface area contributed by atoms with Gasteiger partial charge in [-0.05, 0) is 79.9 Å². The normalized spacial score (nSPS) is 29.1. The molecule has 26 heavy (non-hydrogen) atoms. The Morgan fingerprint density at radius 3 is 2.50 bits per heavy atom. The van der Waals surface area contributed by atoms with Crippen LogP contribution in [0.2, 0.25) is 0 Å². The highest BCUT2D eigenvalue weighted by atomic mass is 19.4. The van der Waals surface area contributed by atoms with E-state index in [1.54, 1.807) is 6.07 Å². The Hall–Kier alpha value is -1.59. The molecule has 6 heteroatoms. The van der Waals surface area contributed by atoms with Gasteiger partial charge in [-0.2, -0.15) is 0 Å². The largest absolute Gasteiger partial charge is 0.573 e. The standard InChI is InChI=1S/C20H24F4O2/c21-18-12-17(7-8-19(18)26-20(22,23)24)16-6-5-14-10-13(2-1-9-25)3-4-15(14)11-16/h7-9,12-16H,1-6,10-11H2/t13-,14-,15-,16?/m1/s1. The van der Waals surface area contributed by atoms with Crippen LogP contribution in [0.15, 0.2) is 18.2 Å². The van der Waals surface area contributed by atoms with Crippen LogP contribution < -0.4 is 4.74 Å². The molecular formula is C20H24F4O2. The number of benzene rings is 1. The van der Waals surface area contributed by atoms with Gasteiger partial charge in [0, 0.05) is 6.42 Å². The summed E-state index contributed by atoms with van der Waals surface area (Å²) in [6.45, 7) is 0. The first kappa shape index (κ1) is 19.2. The Kier molecular flexibility index (Phi) is 5.88. The molecule has 144 valence electrons. The Bertz CT molecular complexity index is 629. The van der Waals surface area contributed by atoms with Crippen molar-refractivity contribution in [1.82, 2.24) is 0 Å². The van der Waals surface area contributed by atoms with E-state index in [2.05, 4.69) is 4.74 Å². The van der Waals surface area contributed by atoms with E-state index in [1.165, 1.54) is 6.07 Å². The minimum atomic E-state index is -4.89. The number of carbonyl (C=O) groups excluding carboxylic acids is 1. The lowest BCUT2D eigenvalue weighted by Crippen LogP contribution is -2.30. The number of ether oxygens (including phenoxy) is 1. The summed E-state index contributed by atoms with van der Waals surface area (Å²) in [5.41, 5.74) is 0.763. The van der Waals surface area contributed by atoms with Gasteiger partial charge in [0.2, 0.25) is 0 Å². The predicted molar refractivity (Wildman–Crippen MR) is 89.3 cm³/mol. The molecule has 0 saturated heterocycles. The summed E-state index contributed by atoms with van der Waals surface area (Å²) in [5, 5.41) is 0. The minimum Gasteiger partial charge on any atom is -0.403 e. The average molecular weight is 372 g/mol. The highest BCUT2D eigenvalue weighted by Crippen LogP contribution is 2.48. The summed E-state index contributed by atoms with van der Waals surface area (Å²) in [5.74, 6) is 0.348. The molecule has 0 bridgehead atoms. The van der Waals surface area contributed by atoms with Crippen molar-refractivity contribution < 1.29 is 27.1 Å². The number of aldehydes is 1. The highest BCUT2D eigenvalue weighted by molar-refractivity contribution is 5.49. The van der Waals surface area contributed by atoms with Gasteiger partial charge >= 0.3 is 6.36 Å². The zero-order valence-corrected chi connectivity index (χ0v) is 14.6. The molecule has 2 aliphatic rings. The topological polar surface area (TPSA) is 26.3 Å². The minimum absolute atomic E-state index is 0.192. The molecule has 0 heterocycles. The fourth-order valence-electron chi connectivity index (χ4n) is 4.83. The summed E-state index contributed by atoms with van der Waals surface area (Å²) >= 11 is 0. The Morgan fingerprint density at radius 1 is 1.08 bits per heavy atom. The third kappa shape index (κ3) is 4.77. The van der Waals surface area contributed by atoms with Crippen molar-refractivity contribution in [3.63, 3.8) is 0 Å². The average Bonchev–Trinajstić information content (AvgIpc) is 2.60. The second kappa shape index (κ2) is 7.97. The molecule has 2 fully saturated rings. The smallest absolute Gasteiger partial charge is 0.403 e. The van der Waals surface area contributed by atoms with Crippen molar-refractivity contribution in [2.75, 3.05) is 0 Å². The summed E-state index contributed by atoms with van der Waals surface area (Å²) in [6.07, 6.45) is 4.10. The lowest BCUT2D eigenvalue weighted by molar-refractivity contribution is -0.275. The van der Waals surface area contributed by atoms with Crippen LogP contribution in [0, 0.1) is 23.6 Å². The molecule has 1 aromatic carbocycles. The fourth-order valence-corrected chi connectivity index (χ4v) is 4.83. The molecule has 1 aromatic rings. The van der Waals surface area contributed by atoms with Crippen LogP contribution >= 0.6 is 0 Å². The van der Waals surface area contributed by atoms with Gasteiger partial charge in [-0.15, -0.1) is 13.2 Å². The van der Waals surface area contributed by atoms with E-state index >= 15 is 0 Å². The lowest BCUT2D eigenvalue weighted by Gasteiger charge is -2.42. The fraction of sp³-hybridized carbons (Fsp3) is 0.650. The summed E-state index contributed by atoms with van der Waals surface area (Å²) < 4.78 is 54.5. The van der Waals surface area contributed by atoms with E-state index < -0.39 is 17.9 Å². The van der Waals surface area contributed by atoms with Gasteiger partial charge in [0.05, 0.1) is 0 Å². The summed E-state index contributed by atoms with van der Waals surface area (Å²) in [4.78, 5) is 10.6. The highest BCUT2D eigenvalue weighted by Gasteiger charge is 2.36. The Morgan fingerprint density at radius 2 is 1.81 bits per heavy atom. The molecule has 0 amide bonds. The zero-order valence-electron chi connectivity index (χ0n) is 14.6. The molecule has 2 aliphatic carbocycles. The van der Waals surface area contributed by atoms with Gasteiger partial charge < -0.3 is 9.53 Å². The van der Waals surface area contributed by atoms with Gasteiger partial charge in [0.15, 0.2) is 11.6 Å². The quantitative estimate of drug-likeness (QED) is 0.468.